The summed E-state index contributed by atoms with van der Waals surface area (Å²) in [6.45, 7) is 0.273. The molecule has 0 radical (unpaired) electrons. The number of aryl methyl sites for hydroxylation is 1. The second-order valence-corrected chi connectivity index (χ2v) is 6.70. The Hall–Kier alpha value is -3.21. The first-order valence-corrected chi connectivity index (χ1v) is 9.01. The number of amides is 2. The van der Waals surface area contributed by atoms with Crippen LogP contribution in [0.15, 0.2) is 24.5 Å². The molecule has 8 nitrogen and oxygen atoms in total. The van der Waals surface area contributed by atoms with E-state index in [0.717, 1.165) is 0 Å². The van der Waals surface area contributed by atoms with Crippen molar-refractivity contribution in [3.05, 3.63) is 52.5 Å². The Labute approximate surface area is 169 Å². The van der Waals surface area contributed by atoms with Crippen LogP contribution in [0.5, 0.6) is 5.88 Å². The molecule has 0 bridgehead atoms. The molecule has 3 rings (SSSR count). The number of nitrogens with one attached hydrogen (secondary N) is 1. The van der Waals surface area contributed by atoms with E-state index in [4.69, 9.17) is 5.11 Å². The summed E-state index contributed by atoms with van der Waals surface area (Å²) in [4.78, 5) is 34.4. The van der Waals surface area contributed by atoms with Gasteiger partial charge in [-0.1, -0.05) is 0 Å². The highest BCUT2D eigenvalue weighted by Gasteiger charge is 2.32. The predicted octanol–water partition coefficient (Wildman–Crippen LogP) is 1.60. The van der Waals surface area contributed by atoms with Crippen LogP contribution in [0.25, 0.3) is 0 Å². The molecule has 0 aromatic carbocycles. The number of alkyl halides is 3. The molecule has 0 spiro atoms. The van der Waals surface area contributed by atoms with Crippen molar-refractivity contribution in [2.45, 2.75) is 26.2 Å². The Morgan fingerprint density at radius 3 is 2.80 bits per heavy atom. The maximum absolute atomic E-state index is 12.7. The monoisotopic (exact) mass is 424 g/mol. The lowest BCUT2D eigenvalue weighted by atomic mass is 10.1. The van der Waals surface area contributed by atoms with E-state index in [0.29, 0.717) is 22.3 Å². The van der Waals surface area contributed by atoms with Crippen LogP contribution in [-0.2, 0) is 13.1 Å². The molecule has 3 heterocycles. The third kappa shape index (κ3) is 4.85. The number of halogens is 3. The zero-order chi connectivity index (χ0) is 21.9. The second-order valence-electron chi connectivity index (χ2n) is 6.70. The first kappa shape index (κ1) is 21.5. The Morgan fingerprint density at radius 1 is 1.37 bits per heavy atom. The topological polar surface area (TPSA) is 105 Å². The summed E-state index contributed by atoms with van der Waals surface area (Å²) in [6, 6.07) is 3.13. The number of fused-ring (bicyclic) bond motifs is 1. The van der Waals surface area contributed by atoms with Crippen molar-refractivity contribution in [3.8, 4) is 5.88 Å². The van der Waals surface area contributed by atoms with Crippen LogP contribution in [-0.4, -0.2) is 57.7 Å². The van der Waals surface area contributed by atoms with Crippen LogP contribution in [0.4, 0.5) is 13.2 Å². The largest absolute Gasteiger partial charge is 0.468 e. The quantitative estimate of drug-likeness (QED) is 0.700. The molecular formula is C19H19F3N4O4. The number of nitrogens with zero attached hydrogens (tertiary/aromatic N) is 3. The standard InChI is InChI=1S/C19H19F3N4O4/c1-11-6-12(7-25-17(11)30-10-19(20,21)22)8-26-9-14-13(18(26)29)2-3-23-15(14)16(28)24-4-5-27/h2-3,6-7,27H,4-5,8-10H2,1H3,(H,24,28). The maximum Gasteiger partial charge on any atom is 0.422 e. The van der Waals surface area contributed by atoms with Gasteiger partial charge in [0.15, 0.2) is 6.61 Å². The van der Waals surface area contributed by atoms with Gasteiger partial charge < -0.3 is 20.1 Å². The van der Waals surface area contributed by atoms with Gasteiger partial charge in [0.25, 0.3) is 11.8 Å². The molecule has 0 saturated carbocycles. The summed E-state index contributed by atoms with van der Waals surface area (Å²) in [5, 5.41) is 11.4. The number of aromatic nitrogens is 2. The molecule has 0 atom stereocenters. The van der Waals surface area contributed by atoms with Crippen molar-refractivity contribution < 1.29 is 32.6 Å². The zero-order valence-electron chi connectivity index (χ0n) is 16.0. The fourth-order valence-electron chi connectivity index (χ4n) is 3.09. The third-order valence-electron chi connectivity index (χ3n) is 4.37. The molecule has 1 aliphatic rings. The lowest BCUT2D eigenvalue weighted by molar-refractivity contribution is -0.154. The predicted molar refractivity (Wildman–Crippen MR) is 97.8 cm³/mol. The first-order chi connectivity index (χ1) is 14.2. The van der Waals surface area contributed by atoms with Gasteiger partial charge in [0.1, 0.15) is 5.69 Å². The van der Waals surface area contributed by atoms with E-state index >= 15 is 0 Å². The van der Waals surface area contributed by atoms with Gasteiger partial charge in [0, 0.05) is 48.7 Å². The molecule has 2 N–H and O–H groups in total. The summed E-state index contributed by atoms with van der Waals surface area (Å²) in [7, 11) is 0. The second kappa shape index (κ2) is 8.66. The van der Waals surface area contributed by atoms with E-state index in [1.807, 2.05) is 0 Å². The smallest absolute Gasteiger partial charge is 0.422 e. The van der Waals surface area contributed by atoms with E-state index in [2.05, 4.69) is 20.0 Å². The van der Waals surface area contributed by atoms with Gasteiger partial charge in [0.05, 0.1) is 6.61 Å². The number of ether oxygens (including phenoxy) is 1. The number of hydrogen-bond donors (Lipinski definition) is 2. The van der Waals surface area contributed by atoms with Crippen LogP contribution in [0, 0.1) is 6.92 Å². The molecule has 0 saturated heterocycles. The minimum atomic E-state index is -4.46. The number of carbonyl (C=O) groups excluding carboxylic acids is 2. The zero-order valence-corrected chi connectivity index (χ0v) is 16.0. The lowest BCUT2D eigenvalue weighted by Crippen LogP contribution is -2.28. The van der Waals surface area contributed by atoms with E-state index in [-0.39, 0.29) is 43.7 Å². The maximum atomic E-state index is 12.7. The van der Waals surface area contributed by atoms with Crippen molar-refractivity contribution in [2.75, 3.05) is 19.8 Å². The van der Waals surface area contributed by atoms with Crippen molar-refractivity contribution in [1.82, 2.24) is 20.2 Å². The molecule has 2 amide bonds. The molecule has 0 aliphatic carbocycles. The average molecular weight is 424 g/mol. The van der Waals surface area contributed by atoms with Gasteiger partial charge in [-0.3, -0.25) is 14.6 Å². The highest BCUT2D eigenvalue weighted by Crippen LogP contribution is 2.27. The normalized spacial score (nSPS) is 13.4. The molecule has 0 unspecified atom stereocenters. The summed E-state index contributed by atoms with van der Waals surface area (Å²) in [5.74, 6) is -0.906. The Morgan fingerprint density at radius 2 is 2.13 bits per heavy atom. The van der Waals surface area contributed by atoms with Gasteiger partial charge in [-0.05, 0) is 24.6 Å². The molecule has 0 fully saturated rings. The van der Waals surface area contributed by atoms with Crippen LogP contribution >= 0.6 is 0 Å². The van der Waals surface area contributed by atoms with Gasteiger partial charge >= 0.3 is 6.18 Å². The molecule has 2 aromatic heterocycles. The van der Waals surface area contributed by atoms with Crippen molar-refractivity contribution >= 4 is 11.8 Å². The number of hydrogen-bond acceptors (Lipinski definition) is 6. The first-order valence-electron chi connectivity index (χ1n) is 9.01. The Balaban J connectivity index is 1.73. The molecule has 2 aromatic rings. The van der Waals surface area contributed by atoms with Crippen molar-refractivity contribution in [3.63, 3.8) is 0 Å². The van der Waals surface area contributed by atoms with E-state index in [1.54, 1.807) is 13.0 Å². The number of rotatable bonds is 7. The SMILES string of the molecule is Cc1cc(CN2Cc3c(ccnc3C(=O)NCCO)C2=O)cnc1OCC(F)(F)F. The van der Waals surface area contributed by atoms with Crippen molar-refractivity contribution in [1.29, 1.82) is 0 Å². The molecule has 11 heteroatoms. The van der Waals surface area contributed by atoms with Crippen LogP contribution < -0.4 is 10.1 Å². The van der Waals surface area contributed by atoms with Gasteiger partial charge in [-0.25, -0.2) is 4.98 Å². The summed E-state index contributed by atoms with van der Waals surface area (Å²) in [6.07, 6.45) is -1.75. The van der Waals surface area contributed by atoms with Gasteiger partial charge in [-0.2, -0.15) is 13.2 Å². The van der Waals surface area contributed by atoms with Crippen LogP contribution in [0.2, 0.25) is 0 Å². The summed E-state index contributed by atoms with van der Waals surface area (Å²) in [5.41, 5.74) is 1.96. The lowest BCUT2D eigenvalue weighted by Gasteiger charge is -2.17. The highest BCUT2D eigenvalue weighted by molar-refractivity contribution is 6.03. The summed E-state index contributed by atoms with van der Waals surface area (Å²) >= 11 is 0. The minimum Gasteiger partial charge on any atom is -0.468 e. The fraction of sp³-hybridized carbons (Fsp3) is 0.368. The van der Waals surface area contributed by atoms with Crippen molar-refractivity contribution in [2.24, 2.45) is 0 Å². The number of aliphatic hydroxyl groups excluding tert-OH is 1. The molecular weight excluding hydrogens is 405 g/mol. The average Bonchev–Trinajstić information content (AvgIpc) is 3.00. The fourth-order valence-corrected chi connectivity index (χ4v) is 3.09. The summed E-state index contributed by atoms with van der Waals surface area (Å²) < 4.78 is 41.6. The Bertz CT molecular complexity index is 965. The minimum absolute atomic E-state index is 0.0650. The highest BCUT2D eigenvalue weighted by atomic mass is 19.4. The van der Waals surface area contributed by atoms with Gasteiger partial charge in [-0.15, -0.1) is 0 Å². The van der Waals surface area contributed by atoms with E-state index < -0.39 is 18.7 Å². The number of aliphatic hydroxyl groups is 1. The van der Waals surface area contributed by atoms with E-state index in [9.17, 15) is 22.8 Å². The third-order valence-corrected chi connectivity index (χ3v) is 4.37. The number of carbonyl (C=O) groups is 2. The number of pyridine rings is 2. The Kier molecular flexibility index (Phi) is 6.20. The molecule has 1 aliphatic heterocycles. The van der Waals surface area contributed by atoms with Gasteiger partial charge in [0.2, 0.25) is 5.88 Å². The molecule has 160 valence electrons. The molecule has 30 heavy (non-hydrogen) atoms. The van der Waals surface area contributed by atoms with Crippen LogP contribution in [0.1, 0.15) is 37.5 Å². The van der Waals surface area contributed by atoms with E-state index in [1.165, 1.54) is 23.4 Å². The van der Waals surface area contributed by atoms with Crippen LogP contribution in [0.3, 0.4) is 0 Å².